The van der Waals surface area contributed by atoms with E-state index in [0.717, 1.165) is 0 Å². The fraction of sp³-hybridized carbons (Fsp3) is 0.143. The first-order valence-electron chi connectivity index (χ1n) is 3.45. The fourth-order valence-corrected chi connectivity index (χ4v) is 0.601. The van der Waals surface area contributed by atoms with Gasteiger partial charge in [-0.05, 0) is 0 Å². The molecule has 0 aromatic carbocycles. The molecule has 0 aliphatic rings. The maximum absolute atomic E-state index is 9.67. The molecule has 82 valence electrons. The molecular formula is C7H7BF4N2O. The van der Waals surface area contributed by atoms with Crippen molar-refractivity contribution in [3.05, 3.63) is 35.9 Å². The Balaban J connectivity index is 0. The lowest BCUT2D eigenvalue weighted by Crippen LogP contribution is -3.00. The molecule has 8 heteroatoms. The molecule has 0 saturated heterocycles. The number of rotatable bonds is 1. The second-order valence-corrected chi connectivity index (χ2v) is 1.96. The van der Waals surface area contributed by atoms with Crippen molar-refractivity contribution in [3.63, 3.8) is 0 Å². The minimum absolute atomic E-state index is 0. The highest BCUT2D eigenvalue weighted by Crippen LogP contribution is 2.05. The van der Waals surface area contributed by atoms with Gasteiger partial charge in [0.25, 0.3) is 0 Å². The van der Waals surface area contributed by atoms with Gasteiger partial charge in [-0.25, -0.2) is 4.85 Å². The quantitative estimate of drug-likeness (QED) is 0.244. The Labute approximate surface area is 84.5 Å². The van der Waals surface area contributed by atoms with Crippen molar-refractivity contribution in [1.82, 2.24) is 0 Å². The average Bonchev–Trinajstić information content (AvgIpc) is 2.17. The lowest BCUT2D eigenvalue weighted by Gasteiger charge is -1.87. The van der Waals surface area contributed by atoms with Crippen LogP contribution in [0, 0.1) is 6.57 Å². The predicted octanol–water partition coefficient (Wildman–Crippen LogP) is -1.53. The largest absolute Gasteiger partial charge is 1.00 e. The van der Waals surface area contributed by atoms with E-state index in [-0.39, 0.29) is 4.70 Å². The van der Waals surface area contributed by atoms with Crippen molar-refractivity contribution in [2.24, 2.45) is 0 Å². The molecule has 1 aromatic rings. The van der Waals surface area contributed by atoms with E-state index in [9.17, 15) is 12.9 Å². The van der Waals surface area contributed by atoms with Crippen LogP contribution in [0.3, 0.4) is 0 Å². The zero-order valence-corrected chi connectivity index (χ0v) is 7.70. The van der Waals surface area contributed by atoms with Crippen molar-refractivity contribution in [3.8, 4) is 0 Å². The first kappa shape index (κ1) is 15.7. The summed E-state index contributed by atoms with van der Waals surface area (Å²) in [5, 5.41) is 0. The molecular weight excluding hydrogens is 215 g/mol. The van der Waals surface area contributed by atoms with Gasteiger partial charge in [-0.3, -0.25) is 17.8 Å². The molecule has 0 aliphatic heterocycles. The van der Waals surface area contributed by atoms with Crippen LogP contribution in [0.4, 0.5) is 18.6 Å². The average molecular weight is 222 g/mol. The monoisotopic (exact) mass is 222 g/mol. The summed E-state index contributed by atoms with van der Waals surface area (Å²) in [6.45, 7) is 6.65. The van der Waals surface area contributed by atoms with E-state index in [1.807, 2.05) is 0 Å². The van der Waals surface area contributed by atoms with Crippen LogP contribution in [0.2, 0.25) is 0 Å². The van der Waals surface area contributed by atoms with Crippen LogP contribution < -0.4 is 14.3 Å². The third kappa shape index (κ3) is 8.55. The standard InChI is InChI=1S/C7H7N2O.BF3.FH/c1-8-7-3-5-9(10-2)6-4-7;2-1(3)4;/h3-6H,2H3;;1H/q+1;;/p-1. The summed E-state index contributed by atoms with van der Waals surface area (Å²) >= 11 is 0. The smallest absolute Gasteiger partial charge is 0.762 e. The zero-order valence-electron chi connectivity index (χ0n) is 7.70. The van der Waals surface area contributed by atoms with Gasteiger partial charge in [-0.15, -0.1) is 0 Å². The summed E-state index contributed by atoms with van der Waals surface area (Å²) in [4.78, 5) is 8.05. The number of pyridine rings is 1. The minimum atomic E-state index is -3.67. The first-order chi connectivity index (χ1) is 6.60. The van der Waals surface area contributed by atoms with Crippen molar-refractivity contribution < 1.29 is 27.2 Å². The SMILES string of the molecule is FB(F)F.[C-]#[N+]c1cc[n+](OC)cc1.[F-]. The molecule has 0 amide bonds. The van der Waals surface area contributed by atoms with Gasteiger partial charge in [0, 0.05) is 16.9 Å². The summed E-state index contributed by atoms with van der Waals surface area (Å²) < 4.78 is 30.5. The van der Waals surface area contributed by atoms with Crippen LogP contribution in [0.25, 0.3) is 4.85 Å². The van der Waals surface area contributed by atoms with Gasteiger partial charge < -0.3 is 4.70 Å². The highest BCUT2D eigenvalue weighted by molar-refractivity contribution is 6.33. The van der Waals surface area contributed by atoms with Gasteiger partial charge in [0.05, 0.1) is 6.57 Å². The molecule has 0 bridgehead atoms. The van der Waals surface area contributed by atoms with Gasteiger partial charge in [-0.2, -0.15) is 0 Å². The number of nitrogens with zero attached hydrogens (tertiary/aromatic N) is 2. The summed E-state index contributed by atoms with van der Waals surface area (Å²) in [7, 11) is -2.10. The number of hydrogen-bond acceptors (Lipinski definition) is 1. The Kier molecular flexibility index (Phi) is 9.21. The second-order valence-electron chi connectivity index (χ2n) is 1.96. The molecule has 0 atom stereocenters. The molecule has 1 rings (SSSR count). The molecule has 1 aromatic heterocycles. The Morgan fingerprint density at radius 2 is 1.73 bits per heavy atom. The van der Waals surface area contributed by atoms with E-state index >= 15 is 0 Å². The summed E-state index contributed by atoms with van der Waals surface area (Å²) in [6, 6.07) is 3.38. The van der Waals surface area contributed by atoms with Crippen LogP contribution in [-0.4, -0.2) is 14.7 Å². The molecule has 0 aliphatic carbocycles. The molecule has 0 radical (unpaired) electrons. The summed E-state index contributed by atoms with van der Waals surface area (Å²) in [6.07, 6.45) is 3.38. The van der Waals surface area contributed by atoms with Crippen LogP contribution in [0.15, 0.2) is 24.5 Å². The Bertz CT molecular complexity index is 298. The van der Waals surface area contributed by atoms with Crippen LogP contribution in [0.5, 0.6) is 0 Å². The van der Waals surface area contributed by atoms with E-state index in [4.69, 9.17) is 11.4 Å². The van der Waals surface area contributed by atoms with Crippen molar-refractivity contribution in [2.45, 2.75) is 0 Å². The third-order valence-electron chi connectivity index (χ3n) is 1.12. The summed E-state index contributed by atoms with van der Waals surface area (Å²) in [5.41, 5.74) is 0.619. The Morgan fingerprint density at radius 3 is 2.00 bits per heavy atom. The molecule has 0 spiro atoms. The van der Waals surface area contributed by atoms with Crippen LogP contribution in [0.1, 0.15) is 0 Å². The second kappa shape index (κ2) is 8.81. The van der Waals surface area contributed by atoms with Gasteiger partial charge >= 0.3 is 7.54 Å². The Hall–Kier alpha value is -1.78. The van der Waals surface area contributed by atoms with E-state index in [2.05, 4.69) is 4.85 Å². The lowest BCUT2D eigenvalue weighted by molar-refractivity contribution is -0.885. The van der Waals surface area contributed by atoms with E-state index in [0.29, 0.717) is 5.69 Å². The zero-order chi connectivity index (χ0) is 11.0. The van der Waals surface area contributed by atoms with Crippen molar-refractivity contribution in [1.29, 1.82) is 0 Å². The molecule has 0 unspecified atom stereocenters. The highest BCUT2D eigenvalue weighted by Gasteiger charge is 2.06. The summed E-state index contributed by atoms with van der Waals surface area (Å²) in [5.74, 6) is 0. The minimum Gasteiger partial charge on any atom is -1.00 e. The van der Waals surface area contributed by atoms with Gasteiger partial charge in [0.15, 0.2) is 5.69 Å². The van der Waals surface area contributed by atoms with Crippen molar-refractivity contribution >= 4 is 13.2 Å². The molecule has 0 N–H and O–H groups in total. The van der Waals surface area contributed by atoms with Crippen LogP contribution >= 0.6 is 0 Å². The maximum Gasteiger partial charge on any atom is 0.762 e. The van der Waals surface area contributed by atoms with Gasteiger partial charge in [-0.1, -0.05) is 0 Å². The molecule has 3 nitrogen and oxygen atoms in total. The molecule has 0 fully saturated rings. The van der Waals surface area contributed by atoms with E-state index < -0.39 is 7.54 Å². The first-order valence-corrected chi connectivity index (χ1v) is 3.45. The maximum atomic E-state index is 9.67. The highest BCUT2D eigenvalue weighted by atomic mass is 19.4. The van der Waals surface area contributed by atoms with E-state index in [1.54, 1.807) is 31.6 Å². The molecule has 0 saturated carbocycles. The number of halogens is 4. The molecule has 1 heterocycles. The third-order valence-corrected chi connectivity index (χ3v) is 1.12. The van der Waals surface area contributed by atoms with E-state index in [1.165, 1.54) is 4.73 Å². The lowest BCUT2D eigenvalue weighted by atomic mass is 10.4. The Morgan fingerprint density at radius 1 is 1.33 bits per heavy atom. The topological polar surface area (TPSA) is 17.5 Å². The van der Waals surface area contributed by atoms with Gasteiger partial charge in [0.1, 0.15) is 7.11 Å². The normalized spacial score (nSPS) is 7.40. The number of aromatic nitrogens is 1. The van der Waals surface area contributed by atoms with Gasteiger partial charge in [0.2, 0.25) is 12.4 Å². The molecule has 15 heavy (non-hydrogen) atoms. The van der Waals surface area contributed by atoms with Crippen molar-refractivity contribution in [2.75, 3.05) is 7.11 Å². The fourth-order valence-electron chi connectivity index (χ4n) is 0.601. The number of hydrogen-bond donors (Lipinski definition) is 0. The predicted molar refractivity (Wildman–Crippen MR) is 44.5 cm³/mol. The van der Waals surface area contributed by atoms with Crippen LogP contribution in [-0.2, 0) is 0 Å².